The van der Waals surface area contributed by atoms with E-state index in [4.69, 9.17) is 4.74 Å². The highest BCUT2D eigenvalue weighted by Crippen LogP contribution is 2.36. The molecule has 0 unspecified atom stereocenters. The summed E-state index contributed by atoms with van der Waals surface area (Å²) in [5.41, 5.74) is 0.0158. The first-order chi connectivity index (χ1) is 9.22. The fourth-order valence-corrected chi connectivity index (χ4v) is 5.18. The van der Waals surface area contributed by atoms with Crippen LogP contribution in [0.15, 0.2) is 28.7 Å². The topological polar surface area (TPSA) is 29.5 Å². The largest absolute Gasteiger partial charge is 0.396 e. The standard InChI is InChI=1S/C14H15BrO2S2/c15-12-3-1-2-10-4-11(19-13(10)12)5-18-9-14(6-16)7-17-8-14/h1-4,16H,5-9H2. The molecule has 1 N–H and O–H groups in total. The Labute approximate surface area is 129 Å². The summed E-state index contributed by atoms with van der Waals surface area (Å²) >= 11 is 7.33. The Morgan fingerprint density at radius 2 is 2.26 bits per heavy atom. The average molecular weight is 359 g/mol. The van der Waals surface area contributed by atoms with Gasteiger partial charge in [0, 0.05) is 31.0 Å². The third-order valence-electron chi connectivity index (χ3n) is 3.35. The van der Waals surface area contributed by atoms with Crippen molar-refractivity contribution in [3.05, 3.63) is 33.6 Å². The van der Waals surface area contributed by atoms with Gasteiger partial charge in [-0.3, -0.25) is 0 Å². The maximum atomic E-state index is 9.39. The first kappa shape index (κ1) is 13.9. The zero-order valence-corrected chi connectivity index (χ0v) is 13.6. The zero-order valence-electron chi connectivity index (χ0n) is 10.4. The summed E-state index contributed by atoms with van der Waals surface area (Å²) in [6, 6.07) is 8.57. The molecule has 0 atom stereocenters. The summed E-state index contributed by atoms with van der Waals surface area (Å²) in [6.07, 6.45) is 0. The van der Waals surface area contributed by atoms with Crippen LogP contribution in [0.4, 0.5) is 0 Å². The highest BCUT2D eigenvalue weighted by atomic mass is 79.9. The van der Waals surface area contributed by atoms with Gasteiger partial charge in [0.25, 0.3) is 0 Å². The van der Waals surface area contributed by atoms with E-state index in [1.165, 1.54) is 19.4 Å². The van der Waals surface area contributed by atoms with Crippen LogP contribution < -0.4 is 0 Å². The molecule has 1 aliphatic rings. The minimum Gasteiger partial charge on any atom is -0.396 e. The fraction of sp³-hybridized carbons (Fsp3) is 0.429. The predicted molar refractivity (Wildman–Crippen MR) is 86.0 cm³/mol. The van der Waals surface area contributed by atoms with Crippen molar-refractivity contribution in [2.24, 2.45) is 5.41 Å². The van der Waals surface area contributed by atoms with Gasteiger partial charge < -0.3 is 9.84 Å². The molecule has 0 radical (unpaired) electrons. The van der Waals surface area contributed by atoms with Crippen molar-refractivity contribution in [2.75, 3.05) is 25.6 Å². The maximum absolute atomic E-state index is 9.39. The van der Waals surface area contributed by atoms with Gasteiger partial charge in [-0.1, -0.05) is 12.1 Å². The number of fused-ring (bicyclic) bond motifs is 1. The van der Waals surface area contributed by atoms with Crippen molar-refractivity contribution in [1.29, 1.82) is 0 Å². The number of benzene rings is 1. The molecule has 102 valence electrons. The molecule has 1 aromatic carbocycles. The molecule has 0 bridgehead atoms. The van der Waals surface area contributed by atoms with E-state index in [0.29, 0.717) is 13.2 Å². The lowest BCUT2D eigenvalue weighted by atomic mass is 9.90. The molecular weight excluding hydrogens is 344 g/mol. The quantitative estimate of drug-likeness (QED) is 0.878. The van der Waals surface area contributed by atoms with E-state index in [9.17, 15) is 5.11 Å². The molecule has 1 aliphatic heterocycles. The number of halogens is 1. The average Bonchev–Trinajstić information content (AvgIpc) is 2.77. The van der Waals surface area contributed by atoms with Crippen LogP contribution in [0.3, 0.4) is 0 Å². The Morgan fingerprint density at radius 3 is 2.89 bits per heavy atom. The second-order valence-corrected chi connectivity index (χ2v) is 7.99. The monoisotopic (exact) mass is 358 g/mol. The molecule has 2 aromatic rings. The van der Waals surface area contributed by atoms with E-state index in [1.54, 1.807) is 0 Å². The Balaban J connectivity index is 1.64. The van der Waals surface area contributed by atoms with Gasteiger partial charge in [0.2, 0.25) is 0 Å². The summed E-state index contributed by atoms with van der Waals surface area (Å²) in [5, 5.41) is 10.7. The van der Waals surface area contributed by atoms with Crippen LogP contribution in [0.2, 0.25) is 0 Å². The Kier molecular flexibility index (Phi) is 4.19. The third kappa shape index (κ3) is 2.85. The van der Waals surface area contributed by atoms with E-state index in [0.717, 1.165) is 11.5 Å². The third-order valence-corrected chi connectivity index (χ3v) is 6.97. The van der Waals surface area contributed by atoms with Gasteiger partial charge in [-0.15, -0.1) is 11.3 Å². The number of rotatable bonds is 5. The molecule has 0 amide bonds. The van der Waals surface area contributed by atoms with Crippen molar-refractivity contribution in [3.8, 4) is 0 Å². The van der Waals surface area contributed by atoms with Crippen LogP contribution in [0.1, 0.15) is 4.88 Å². The highest BCUT2D eigenvalue weighted by molar-refractivity contribution is 9.10. The number of aliphatic hydroxyl groups excluding tert-OH is 1. The normalized spacial score (nSPS) is 17.6. The van der Waals surface area contributed by atoms with E-state index >= 15 is 0 Å². The fourth-order valence-electron chi connectivity index (χ4n) is 2.13. The summed E-state index contributed by atoms with van der Waals surface area (Å²) in [6.45, 7) is 1.64. The lowest BCUT2D eigenvalue weighted by Crippen LogP contribution is -2.47. The van der Waals surface area contributed by atoms with Crippen LogP contribution in [0.5, 0.6) is 0 Å². The van der Waals surface area contributed by atoms with Crippen LogP contribution in [0.25, 0.3) is 10.1 Å². The number of hydrogen-bond acceptors (Lipinski definition) is 4. The smallest absolute Gasteiger partial charge is 0.0575 e. The van der Waals surface area contributed by atoms with Gasteiger partial charge in [-0.25, -0.2) is 0 Å². The molecule has 3 rings (SSSR count). The van der Waals surface area contributed by atoms with Gasteiger partial charge in [0.1, 0.15) is 0 Å². The van der Waals surface area contributed by atoms with Crippen molar-refractivity contribution in [3.63, 3.8) is 0 Å². The minimum atomic E-state index is 0.0158. The van der Waals surface area contributed by atoms with Crippen molar-refractivity contribution in [1.82, 2.24) is 0 Å². The lowest BCUT2D eigenvalue weighted by molar-refractivity contribution is -0.121. The molecule has 2 heterocycles. The number of thiophene rings is 1. The number of hydrogen-bond donors (Lipinski definition) is 1. The number of thioether (sulfide) groups is 1. The van der Waals surface area contributed by atoms with Gasteiger partial charge in [0.15, 0.2) is 0 Å². The predicted octanol–water partition coefficient (Wildman–Crippen LogP) is 3.91. The van der Waals surface area contributed by atoms with Crippen molar-refractivity contribution < 1.29 is 9.84 Å². The van der Waals surface area contributed by atoms with Crippen LogP contribution in [-0.4, -0.2) is 30.7 Å². The lowest BCUT2D eigenvalue weighted by Gasteiger charge is -2.39. The second-order valence-electron chi connectivity index (χ2n) is 5.01. The maximum Gasteiger partial charge on any atom is 0.0575 e. The first-order valence-corrected chi connectivity index (χ1v) is 8.92. The molecule has 1 aromatic heterocycles. The Bertz CT molecular complexity index is 572. The summed E-state index contributed by atoms with van der Waals surface area (Å²) in [4.78, 5) is 1.39. The van der Waals surface area contributed by atoms with Gasteiger partial charge in [-0.2, -0.15) is 11.8 Å². The molecule has 5 heteroatoms. The van der Waals surface area contributed by atoms with Crippen molar-refractivity contribution >= 4 is 49.1 Å². The molecule has 2 nitrogen and oxygen atoms in total. The number of ether oxygens (including phenoxy) is 1. The van der Waals surface area contributed by atoms with Gasteiger partial charge in [-0.05, 0) is 33.4 Å². The molecule has 0 saturated carbocycles. The van der Waals surface area contributed by atoms with Crippen molar-refractivity contribution in [2.45, 2.75) is 5.75 Å². The molecular formula is C14H15BrO2S2. The molecule has 1 saturated heterocycles. The molecule has 0 spiro atoms. The van der Waals surface area contributed by atoms with E-state index in [-0.39, 0.29) is 12.0 Å². The Hall–Kier alpha value is -0.0700. The van der Waals surface area contributed by atoms with Crippen LogP contribution >= 0.6 is 39.0 Å². The minimum absolute atomic E-state index is 0.0158. The Morgan fingerprint density at radius 1 is 1.42 bits per heavy atom. The summed E-state index contributed by atoms with van der Waals surface area (Å²) in [7, 11) is 0. The zero-order chi connectivity index (χ0) is 13.3. The molecule has 19 heavy (non-hydrogen) atoms. The number of aliphatic hydroxyl groups is 1. The summed E-state index contributed by atoms with van der Waals surface area (Å²) < 4.78 is 7.71. The van der Waals surface area contributed by atoms with E-state index < -0.39 is 0 Å². The van der Waals surface area contributed by atoms with Crippen LogP contribution in [-0.2, 0) is 10.5 Å². The van der Waals surface area contributed by atoms with E-state index in [1.807, 2.05) is 23.1 Å². The second kappa shape index (κ2) is 5.74. The summed E-state index contributed by atoms with van der Waals surface area (Å²) in [5.74, 6) is 1.98. The van der Waals surface area contributed by atoms with Gasteiger partial charge in [0.05, 0.1) is 19.8 Å². The molecule has 1 fully saturated rings. The molecule has 0 aliphatic carbocycles. The first-order valence-electron chi connectivity index (χ1n) is 6.16. The van der Waals surface area contributed by atoms with E-state index in [2.05, 4.69) is 40.2 Å². The van der Waals surface area contributed by atoms with Crippen LogP contribution in [0, 0.1) is 5.41 Å². The highest BCUT2D eigenvalue weighted by Gasteiger charge is 2.37. The van der Waals surface area contributed by atoms with Gasteiger partial charge >= 0.3 is 0 Å². The SMILES string of the molecule is OCC1(CSCc2cc3cccc(Br)c3s2)COC1.